The lowest BCUT2D eigenvalue weighted by Crippen LogP contribution is -2.01. The summed E-state index contributed by atoms with van der Waals surface area (Å²) in [7, 11) is 0. The van der Waals surface area contributed by atoms with E-state index in [4.69, 9.17) is 4.74 Å². The summed E-state index contributed by atoms with van der Waals surface area (Å²) in [5, 5.41) is 0. The number of carbonyl (C=O) groups excluding carboxylic acids is 1. The molecular formula is C18H28O2. The van der Waals surface area contributed by atoms with Crippen LogP contribution in [0.1, 0.15) is 74.7 Å². The second-order valence-electron chi connectivity index (χ2n) is 5.35. The predicted molar refractivity (Wildman–Crippen MR) is 84.7 cm³/mol. The van der Waals surface area contributed by atoms with Gasteiger partial charge in [0.25, 0.3) is 0 Å². The molecule has 0 unspecified atom stereocenters. The second kappa shape index (κ2) is 10.5. The molecule has 0 heterocycles. The number of ether oxygens (including phenoxy) is 1. The third-order valence-electron chi connectivity index (χ3n) is 3.50. The SMILES string of the molecule is CCCCCCCCOc1ccc(C=O)cc1CCC. The molecule has 1 rings (SSSR count). The van der Waals surface area contributed by atoms with Gasteiger partial charge in [0.1, 0.15) is 12.0 Å². The lowest BCUT2D eigenvalue weighted by molar-refractivity contribution is 0.112. The fourth-order valence-corrected chi connectivity index (χ4v) is 2.34. The summed E-state index contributed by atoms with van der Waals surface area (Å²) in [4.78, 5) is 10.8. The van der Waals surface area contributed by atoms with Crippen LogP contribution in [0.15, 0.2) is 18.2 Å². The molecule has 0 aliphatic carbocycles. The van der Waals surface area contributed by atoms with Crippen LogP contribution in [0.2, 0.25) is 0 Å². The fraction of sp³-hybridized carbons (Fsp3) is 0.611. The van der Waals surface area contributed by atoms with Crippen LogP contribution in [0.4, 0.5) is 0 Å². The molecule has 0 aliphatic rings. The first-order valence-electron chi connectivity index (χ1n) is 8.02. The maximum atomic E-state index is 10.8. The highest BCUT2D eigenvalue weighted by Gasteiger charge is 2.04. The van der Waals surface area contributed by atoms with Crippen LogP contribution < -0.4 is 4.74 Å². The monoisotopic (exact) mass is 276 g/mol. The molecule has 0 fully saturated rings. The first-order chi connectivity index (χ1) is 9.81. The predicted octanol–water partition coefficient (Wildman–Crippen LogP) is 5.19. The molecule has 0 N–H and O–H groups in total. The molecule has 20 heavy (non-hydrogen) atoms. The zero-order valence-electron chi connectivity index (χ0n) is 13.0. The van der Waals surface area contributed by atoms with Crippen LogP contribution in [-0.4, -0.2) is 12.9 Å². The van der Waals surface area contributed by atoms with Crippen molar-refractivity contribution in [3.63, 3.8) is 0 Å². The maximum absolute atomic E-state index is 10.8. The van der Waals surface area contributed by atoms with Crippen LogP contribution in [0, 0.1) is 0 Å². The number of aryl methyl sites for hydroxylation is 1. The van der Waals surface area contributed by atoms with Crippen LogP contribution in [0.25, 0.3) is 0 Å². The summed E-state index contributed by atoms with van der Waals surface area (Å²) in [5.74, 6) is 0.950. The lowest BCUT2D eigenvalue weighted by atomic mass is 10.1. The smallest absolute Gasteiger partial charge is 0.150 e. The molecule has 0 radical (unpaired) electrons. The van der Waals surface area contributed by atoms with Gasteiger partial charge in [0.2, 0.25) is 0 Å². The van der Waals surface area contributed by atoms with Gasteiger partial charge in [0.15, 0.2) is 0 Å². The summed E-state index contributed by atoms with van der Waals surface area (Å²) in [6.07, 6.45) is 10.6. The Balaban J connectivity index is 2.36. The number of hydrogen-bond acceptors (Lipinski definition) is 2. The highest BCUT2D eigenvalue weighted by Crippen LogP contribution is 2.21. The van der Waals surface area contributed by atoms with E-state index in [2.05, 4.69) is 13.8 Å². The lowest BCUT2D eigenvalue weighted by Gasteiger charge is -2.11. The van der Waals surface area contributed by atoms with Crippen LogP contribution >= 0.6 is 0 Å². The third kappa shape index (κ3) is 6.23. The van der Waals surface area contributed by atoms with E-state index < -0.39 is 0 Å². The van der Waals surface area contributed by atoms with Crippen LogP contribution in [0.5, 0.6) is 5.75 Å². The summed E-state index contributed by atoms with van der Waals surface area (Å²) >= 11 is 0. The zero-order valence-corrected chi connectivity index (χ0v) is 13.0. The maximum Gasteiger partial charge on any atom is 0.150 e. The quantitative estimate of drug-likeness (QED) is 0.410. The Hall–Kier alpha value is -1.31. The van der Waals surface area contributed by atoms with Gasteiger partial charge in [-0.15, -0.1) is 0 Å². The van der Waals surface area contributed by atoms with E-state index in [9.17, 15) is 4.79 Å². The van der Waals surface area contributed by atoms with Gasteiger partial charge < -0.3 is 4.74 Å². The van der Waals surface area contributed by atoms with Crippen molar-refractivity contribution in [2.24, 2.45) is 0 Å². The van der Waals surface area contributed by atoms with Crippen molar-refractivity contribution in [3.05, 3.63) is 29.3 Å². The van der Waals surface area contributed by atoms with Crippen molar-refractivity contribution in [3.8, 4) is 5.75 Å². The van der Waals surface area contributed by atoms with Gasteiger partial charge in [-0.05, 0) is 36.6 Å². The summed E-state index contributed by atoms with van der Waals surface area (Å²) in [6.45, 7) is 5.16. The molecule has 0 saturated heterocycles. The van der Waals surface area contributed by atoms with E-state index in [0.29, 0.717) is 0 Å². The highest BCUT2D eigenvalue weighted by molar-refractivity contribution is 5.75. The van der Waals surface area contributed by atoms with E-state index in [1.165, 1.54) is 32.1 Å². The molecule has 0 spiro atoms. The van der Waals surface area contributed by atoms with E-state index >= 15 is 0 Å². The molecule has 112 valence electrons. The van der Waals surface area contributed by atoms with E-state index in [-0.39, 0.29) is 0 Å². The number of unbranched alkanes of at least 4 members (excludes halogenated alkanes) is 5. The van der Waals surface area contributed by atoms with E-state index in [1.54, 1.807) is 0 Å². The average molecular weight is 276 g/mol. The van der Waals surface area contributed by atoms with Gasteiger partial charge in [0, 0.05) is 5.56 Å². The average Bonchev–Trinajstić information content (AvgIpc) is 2.47. The van der Waals surface area contributed by atoms with Gasteiger partial charge in [0.05, 0.1) is 6.61 Å². The minimum Gasteiger partial charge on any atom is -0.493 e. The number of hydrogen-bond donors (Lipinski definition) is 0. The summed E-state index contributed by atoms with van der Waals surface area (Å²) in [5.41, 5.74) is 1.89. The van der Waals surface area contributed by atoms with Gasteiger partial charge in [-0.1, -0.05) is 52.4 Å². The minimum absolute atomic E-state index is 0.736. The van der Waals surface area contributed by atoms with Crippen molar-refractivity contribution >= 4 is 6.29 Å². The number of aldehydes is 1. The second-order valence-corrected chi connectivity index (χ2v) is 5.35. The van der Waals surface area contributed by atoms with Gasteiger partial charge in [-0.2, -0.15) is 0 Å². The normalized spacial score (nSPS) is 10.5. The minimum atomic E-state index is 0.736. The molecule has 2 nitrogen and oxygen atoms in total. The van der Waals surface area contributed by atoms with Gasteiger partial charge >= 0.3 is 0 Å². The van der Waals surface area contributed by atoms with Crippen molar-refractivity contribution in [2.75, 3.05) is 6.61 Å². The van der Waals surface area contributed by atoms with E-state index in [0.717, 1.165) is 49.0 Å². The van der Waals surface area contributed by atoms with Gasteiger partial charge in [-0.3, -0.25) is 4.79 Å². The Morgan fingerprint density at radius 3 is 2.45 bits per heavy atom. The number of carbonyl (C=O) groups is 1. The molecule has 0 amide bonds. The third-order valence-corrected chi connectivity index (χ3v) is 3.50. The number of rotatable bonds is 11. The molecule has 1 aromatic carbocycles. The van der Waals surface area contributed by atoms with Gasteiger partial charge in [-0.25, -0.2) is 0 Å². The Morgan fingerprint density at radius 1 is 1.00 bits per heavy atom. The standard InChI is InChI=1S/C18H28O2/c1-3-5-6-7-8-9-13-20-18-12-11-16(15-19)14-17(18)10-4-2/h11-12,14-15H,3-10,13H2,1-2H3. The molecule has 0 saturated carbocycles. The Labute approximate surface area is 123 Å². The molecule has 2 heteroatoms. The van der Waals surface area contributed by atoms with Crippen molar-refractivity contribution < 1.29 is 9.53 Å². The van der Waals surface area contributed by atoms with Crippen molar-refractivity contribution in [1.29, 1.82) is 0 Å². The Kier molecular flexibility index (Phi) is 8.77. The van der Waals surface area contributed by atoms with Crippen molar-refractivity contribution in [2.45, 2.75) is 65.2 Å². The highest BCUT2D eigenvalue weighted by atomic mass is 16.5. The molecular weight excluding hydrogens is 248 g/mol. The molecule has 0 aromatic heterocycles. The van der Waals surface area contributed by atoms with Crippen molar-refractivity contribution in [1.82, 2.24) is 0 Å². The summed E-state index contributed by atoms with van der Waals surface area (Å²) in [6, 6.07) is 5.72. The van der Waals surface area contributed by atoms with Crippen LogP contribution in [0.3, 0.4) is 0 Å². The molecule has 0 aliphatic heterocycles. The number of benzene rings is 1. The Bertz CT molecular complexity index is 385. The fourth-order valence-electron chi connectivity index (χ4n) is 2.34. The first-order valence-corrected chi connectivity index (χ1v) is 8.02. The Morgan fingerprint density at radius 2 is 1.75 bits per heavy atom. The van der Waals surface area contributed by atoms with E-state index in [1.807, 2.05) is 18.2 Å². The van der Waals surface area contributed by atoms with Crippen LogP contribution in [-0.2, 0) is 6.42 Å². The topological polar surface area (TPSA) is 26.3 Å². The molecule has 1 aromatic rings. The largest absolute Gasteiger partial charge is 0.493 e. The zero-order chi connectivity index (χ0) is 14.6. The summed E-state index contributed by atoms with van der Waals surface area (Å²) < 4.78 is 5.88. The molecule has 0 atom stereocenters. The first kappa shape index (κ1) is 16.7. The molecule has 0 bridgehead atoms.